The molecule has 146 valence electrons. The number of carbonyl (C=O) groups is 1. The van der Waals surface area contributed by atoms with Crippen LogP contribution in [-0.2, 0) is 5.60 Å². The van der Waals surface area contributed by atoms with Crippen LogP contribution >= 0.6 is 11.3 Å². The maximum absolute atomic E-state index is 13.2. The molecular weight excluding hydrogens is 384 g/mol. The van der Waals surface area contributed by atoms with Gasteiger partial charge in [0.05, 0.1) is 7.11 Å². The van der Waals surface area contributed by atoms with Gasteiger partial charge in [0.2, 0.25) is 0 Å². The molecule has 2 N–H and O–H groups in total. The number of Topliss-reactive ketones (excluding diaryl/α,β-unsaturated/α-hetero) is 1. The molecule has 0 fully saturated rings. The summed E-state index contributed by atoms with van der Waals surface area (Å²) in [4.78, 5) is 13.4. The third-order valence-electron chi connectivity index (χ3n) is 5.06. The Balaban J connectivity index is 1.77. The van der Waals surface area contributed by atoms with Gasteiger partial charge in [0, 0.05) is 16.5 Å². The quantitative estimate of drug-likeness (QED) is 0.438. The summed E-state index contributed by atoms with van der Waals surface area (Å²) in [5, 5.41) is 22.9. The molecule has 1 atom stereocenters. The van der Waals surface area contributed by atoms with Gasteiger partial charge in [-0.25, -0.2) is 0 Å². The zero-order valence-corrected chi connectivity index (χ0v) is 16.6. The molecule has 0 aliphatic heterocycles. The second-order valence-corrected chi connectivity index (χ2v) is 7.88. The molecule has 0 saturated carbocycles. The number of ether oxygens (including phenoxy) is 1. The fraction of sp³-hybridized carbons (Fsp3) is 0.125. The Kier molecular flexibility index (Phi) is 5.09. The van der Waals surface area contributed by atoms with Crippen LogP contribution in [0.1, 0.15) is 27.2 Å². The molecule has 5 heteroatoms. The minimum Gasteiger partial charge on any atom is -0.506 e. The number of hydrogen-bond donors (Lipinski definition) is 2. The number of aliphatic hydroxyl groups is 1. The molecule has 3 aromatic carbocycles. The standard InChI is InChI=1S/C24H20O4S/c1-28-18-13-11-17(12-14-18)24(27,16-7-3-2-4-8-16)15-20(25)23-22(26)19-9-5-6-10-21(19)29-23/h2-14,26-27H,15H2,1H3. The monoisotopic (exact) mass is 404 g/mol. The number of thiophene rings is 1. The van der Waals surface area contributed by atoms with Crippen molar-refractivity contribution in [3.8, 4) is 11.5 Å². The highest BCUT2D eigenvalue weighted by Crippen LogP contribution is 2.41. The van der Waals surface area contributed by atoms with Crippen molar-refractivity contribution in [2.24, 2.45) is 0 Å². The van der Waals surface area contributed by atoms with Crippen molar-refractivity contribution < 1.29 is 19.7 Å². The van der Waals surface area contributed by atoms with Gasteiger partial charge in [-0.05, 0) is 35.4 Å². The second kappa shape index (κ2) is 7.70. The lowest BCUT2D eigenvalue weighted by molar-refractivity contribution is 0.0584. The van der Waals surface area contributed by atoms with E-state index >= 15 is 0 Å². The summed E-state index contributed by atoms with van der Waals surface area (Å²) in [6, 6.07) is 23.4. The van der Waals surface area contributed by atoms with Crippen molar-refractivity contribution in [1.82, 2.24) is 0 Å². The molecule has 0 amide bonds. The fourth-order valence-corrected chi connectivity index (χ4v) is 4.52. The summed E-state index contributed by atoms with van der Waals surface area (Å²) >= 11 is 1.24. The van der Waals surface area contributed by atoms with Gasteiger partial charge in [0.1, 0.15) is 22.0 Å². The van der Waals surface area contributed by atoms with Crippen molar-refractivity contribution in [2.45, 2.75) is 12.0 Å². The first-order valence-electron chi connectivity index (χ1n) is 9.19. The predicted molar refractivity (Wildman–Crippen MR) is 115 cm³/mol. The Labute approximate surface area is 172 Å². The Morgan fingerprint density at radius 1 is 0.931 bits per heavy atom. The number of ketones is 1. The van der Waals surface area contributed by atoms with Gasteiger partial charge >= 0.3 is 0 Å². The first-order valence-corrected chi connectivity index (χ1v) is 10.0. The van der Waals surface area contributed by atoms with Gasteiger partial charge in [0.25, 0.3) is 0 Å². The molecule has 0 aliphatic rings. The predicted octanol–water partition coefficient (Wildman–Crippen LogP) is 5.12. The first kappa shape index (κ1) is 19.2. The SMILES string of the molecule is COc1ccc(C(O)(CC(=O)c2sc3ccccc3c2O)c2ccccc2)cc1. The summed E-state index contributed by atoms with van der Waals surface area (Å²) < 4.78 is 6.04. The van der Waals surface area contributed by atoms with Crippen molar-refractivity contribution >= 4 is 27.2 Å². The van der Waals surface area contributed by atoms with Crippen LogP contribution in [0.3, 0.4) is 0 Å². The van der Waals surface area contributed by atoms with E-state index in [2.05, 4.69) is 0 Å². The first-order chi connectivity index (χ1) is 14.0. The molecule has 0 aliphatic carbocycles. The number of carbonyl (C=O) groups excluding carboxylic acids is 1. The van der Waals surface area contributed by atoms with E-state index in [0.29, 0.717) is 22.3 Å². The van der Waals surface area contributed by atoms with E-state index in [1.165, 1.54) is 11.3 Å². The zero-order valence-electron chi connectivity index (χ0n) is 15.8. The molecule has 4 nitrogen and oxygen atoms in total. The minimum atomic E-state index is -1.53. The number of fused-ring (bicyclic) bond motifs is 1. The summed E-state index contributed by atoms with van der Waals surface area (Å²) in [7, 11) is 1.58. The topological polar surface area (TPSA) is 66.8 Å². The van der Waals surface area contributed by atoms with Crippen LogP contribution in [0.5, 0.6) is 11.5 Å². The van der Waals surface area contributed by atoms with E-state index in [4.69, 9.17) is 4.74 Å². The summed E-state index contributed by atoms with van der Waals surface area (Å²) in [5.41, 5.74) is -0.342. The molecule has 0 saturated heterocycles. The minimum absolute atomic E-state index is 0.0271. The molecule has 1 unspecified atom stereocenters. The van der Waals surface area contributed by atoms with Crippen molar-refractivity contribution in [3.05, 3.63) is 94.9 Å². The third-order valence-corrected chi connectivity index (χ3v) is 6.26. The van der Waals surface area contributed by atoms with Gasteiger partial charge in [0.15, 0.2) is 5.78 Å². The molecule has 1 aromatic heterocycles. The van der Waals surface area contributed by atoms with Gasteiger partial charge in [-0.1, -0.05) is 54.6 Å². The maximum atomic E-state index is 13.2. The highest BCUT2D eigenvalue weighted by molar-refractivity contribution is 7.21. The molecule has 29 heavy (non-hydrogen) atoms. The highest BCUT2D eigenvalue weighted by atomic mass is 32.1. The average Bonchev–Trinajstić information content (AvgIpc) is 3.11. The van der Waals surface area contributed by atoms with Crippen LogP contribution in [0, 0.1) is 0 Å². The van der Waals surface area contributed by atoms with Crippen LogP contribution in [0.25, 0.3) is 10.1 Å². The van der Waals surface area contributed by atoms with Crippen LogP contribution < -0.4 is 4.74 Å². The van der Waals surface area contributed by atoms with E-state index in [1.807, 2.05) is 36.4 Å². The van der Waals surface area contributed by atoms with Gasteiger partial charge in [-0.15, -0.1) is 11.3 Å². The van der Waals surface area contributed by atoms with E-state index in [-0.39, 0.29) is 22.8 Å². The zero-order chi connectivity index (χ0) is 20.4. The second-order valence-electron chi connectivity index (χ2n) is 6.83. The normalized spacial score (nSPS) is 13.2. The van der Waals surface area contributed by atoms with Gasteiger partial charge < -0.3 is 14.9 Å². The Bertz CT molecular complexity index is 1150. The maximum Gasteiger partial charge on any atom is 0.180 e. The van der Waals surface area contributed by atoms with E-state index in [1.54, 1.807) is 49.6 Å². The number of benzene rings is 3. The van der Waals surface area contributed by atoms with E-state index in [0.717, 1.165) is 4.70 Å². The number of rotatable bonds is 6. The highest BCUT2D eigenvalue weighted by Gasteiger charge is 2.36. The largest absolute Gasteiger partial charge is 0.506 e. The third kappa shape index (κ3) is 3.50. The molecule has 4 aromatic rings. The molecule has 1 heterocycles. The molecule has 0 bridgehead atoms. The lowest BCUT2D eigenvalue weighted by Crippen LogP contribution is -2.30. The van der Waals surface area contributed by atoms with Crippen LogP contribution in [0.15, 0.2) is 78.9 Å². The van der Waals surface area contributed by atoms with Crippen LogP contribution in [0.4, 0.5) is 0 Å². The number of hydrogen-bond acceptors (Lipinski definition) is 5. The van der Waals surface area contributed by atoms with Crippen molar-refractivity contribution in [3.63, 3.8) is 0 Å². The lowest BCUT2D eigenvalue weighted by atomic mass is 9.82. The fourth-order valence-electron chi connectivity index (χ4n) is 3.48. The Morgan fingerprint density at radius 3 is 2.21 bits per heavy atom. The van der Waals surface area contributed by atoms with Gasteiger partial charge in [-0.3, -0.25) is 4.79 Å². The summed E-state index contributed by atoms with van der Waals surface area (Å²) in [5.74, 6) is 0.323. The smallest absolute Gasteiger partial charge is 0.180 e. The Morgan fingerprint density at radius 2 is 1.55 bits per heavy atom. The van der Waals surface area contributed by atoms with E-state index < -0.39 is 5.60 Å². The van der Waals surface area contributed by atoms with E-state index in [9.17, 15) is 15.0 Å². The lowest BCUT2D eigenvalue weighted by Gasteiger charge is -2.29. The van der Waals surface area contributed by atoms with Crippen LogP contribution in [0.2, 0.25) is 0 Å². The average molecular weight is 404 g/mol. The Hall–Kier alpha value is -3.15. The number of aromatic hydroxyl groups is 1. The van der Waals surface area contributed by atoms with Gasteiger partial charge in [-0.2, -0.15) is 0 Å². The molecular formula is C24H20O4S. The van der Waals surface area contributed by atoms with Crippen LogP contribution in [-0.4, -0.2) is 23.1 Å². The summed E-state index contributed by atoms with van der Waals surface area (Å²) in [6.45, 7) is 0. The van der Waals surface area contributed by atoms with Crippen molar-refractivity contribution in [2.75, 3.05) is 7.11 Å². The summed E-state index contributed by atoms with van der Waals surface area (Å²) in [6.07, 6.45) is -0.191. The molecule has 0 spiro atoms. The van der Waals surface area contributed by atoms with Crippen molar-refractivity contribution in [1.29, 1.82) is 0 Å². The number of methoxy groups -OCH3 is 1. The molecule has 0 radical (unpaired) electrons. The molecule has 4 rings (SSSR count).